The Labute approximate surface area is 208 Å². The van der Waals surface area contributed by atoms with Gasteiger partial charge in [0.1, 0.15) is 0 Å². The summed E-state index contributed by atoms with van der Waals surface area (Å²) in [6.07, 6.45) is 14.8. The lowest BCUT2D eigenvalue weighted by Gasteiger charge is -2.44. The Morgan fingerprint density at radius 3 is 2.59 bits per heavy atom. The fraction of sp³-hybridized carbons (Fsp3) is 0.793. The normalized spacial score (nSPS) is 33.9. The fourth-order valence-corrected chi connectivity index (χ4v) is 7.77. The minimum atomic E-state index is -3.05. The van der Waals surface area contributed by atoms with E-state index in [0.717, 1.165) is 31.3 Å². The van der Waals surface area contributed by atoms with Crippen LogP contribution in [-0.2, 0) is 14.6 Å². The van der Waals surface area contributed by atoms with Crippen LogP contribution in [0.1, 0.15) is 98.8 Å². The fourth-order valence-electron chi connectivity index (χ4n) is 6.57. The average Bonchev–Trinajstić information content (AvgIpc) is 3.11. The lowest BCUT2D eigenvalue weighted by molar-refractivity contribution is -0.0257. The summed E-state index contributed by atoms with van der Waals surface area (Å²) in [6, 6.07) is 0. The smallest absolute Gasteiger partial charge is 0.155 e. The lowest BCUT2D eigenvalue weighted by atomic mass is 9.62. The van der Waals surface area contributed by atoms with Gasteiger partial charge in [0, 0.05) is 6.61 Å². The zero-order valence-electron chi connectivity index (χ0n) is 22.2. The molecule has 0 radical (unpaired) electrons. The molecule has 0 bridgehead atoms. The number of sulfone groups is 1. The van der Waals surface area contributed by atoms with Crippen molar-refractivity contribution in [2.45, 2.75) is 116 Å². The second kappa shape index (κ2) is 11.0. The highest BCUT2D eigenvalue weighted by molar-refractivity contribution is 7.92. The molecule has 3 rings (SSSR count). The van der Waals surface area contributed by atoms with Crippen molar-refractivity contribution in [2.75, 3.05) is 12.4 Å². The third-order valence-corrected chi connectivity index (χ3v) is 11.7. The van der Waals surface area contributed by atoms with Crippen LogP contribution in [0, 0.1) is 17.3 Å². The third-order valence-electron chi connectivity index (χ3n) is 8.96. The number of hydrogen-bond acceptors (Lipinski definition) is 4. The van der Waals surface area contributed by atoms with Gasteiger partial charge in [0.05, 0.1) is 22.7 Å². The van der Waals surface area contributed by atoms with E-state index in [1.807, 2.05) is 0 Å². The molecule has 5 atom stereocenters. The van der Waals surface area contributed by atoms with Gasteiger partial charge in [-0.15, -0.1) is 0 Å². The van der Waals surface area contributed by atoms with Crippen LogP contribution in [0.25, 0.3) is 0 Å². The van der Waals surface area contributed by atoms with E-state index in [2.05, 4.69) is 32.6 Å². The van der Waals surface area contributed by atoms with Crippen molar-refractivity contribution in [3.63, 3.8) is 0 Å². The highest BCUT2D eigenvalue weighted by Crippen LogP contribution is 2.58. The summed E-state index contributed by atoms with van der Waals surface area (Å²) in [5.41, 5.74) is 3.96. The van der Waals surface area contributed by atoms with Crippen molar-refractivity contribution in [3.05, 3.63) is 35.5 Å². The largest absolute Gasteiger partial charge is 0.388 e. The predicted octanol–water partition coefficient (Wildman–Crippen LogP) is 6.56. The molecule has 0 aliphatic heterocycles. The minimum absolute atomic E-state index is 0.195. The SMILES string of the molecule is C=C1/C(=C\C=C2/CCC[C@]3(C)[C@@H]([C@@H](C)OCCCCS(=O)(=O)C(C)(C)C)CC[C@@H]23)CCCC1O. The van der Waals surface area contributed by atoms with Gasteiger partial charge in [-0.25, -0.2) is 8.42 Å². The van der Waals surface area contributed by atoms with Gasteiger partial charge < -0.3 is 9.84 Å². The molecule has 3 fully saturated rings. The van der Waals surface area contributed by atoms with Crippen molar-refractivity contribution in [1.82, 2.24) is 0 Å². The molecule has 0 aromatic carbocycles. The molecule has 0 aromatic heterocycles. The Balaban J connectivity index is 1.56. The quantitative estimate of drug-likeness (QED) is 0.390. The lowest BCUT2D eigenvalue weighted by Crippen LogP contribution is -2.38. The van der Waals surface area contributed by atoms with E-state index >= 15 is 0 Å². The number of rotatable bonds is 8. The van der Waals surface area contributed by atoms with Crippen LogP contribution < -0.4 is 0 Å². The molecule has 0 aromatic rings. The first kappa shape index (κ1) is 27.7. The van der Waals surface area contributed by atoms with Gasteiger partial charge in [-0.1, -0.05) is 31.2 Å². The molecule has 0 saturated heterocycles. The molecular weight excluding hydrogens is 444 g/mol. The summed E-state index contributed by atoms with van der Waals surface area (Å²) in [7, 11) is -3.05. The Bertz CT molecular complexity index is 892. The number of fused-ring (bicyclic) bond motifs is 1. The van der Waals surface area contributed by atoms with Crippen molar-refractivity contribution < 1.29 is 18.3 Å². The van der Waals surface area contributed by atoms with E-state index in [1.165, 1.54) is 37.7 Å². The zero-order valence-corrected chi connectivity index (χ0v) is 23.1. The maximum Gasteiger partial charge on any atom is 0.155 e. The van der Waals surface area contributed by atoms with Gasteiger partial charge in [0.25, 0.3) is 0 Å². The molecule has 194 valence electrons. The van der Waals surface area contributed by atoms with Gasteiger partial charge in [-0.3, -0.25) is 0 Å². The van der Waals surface area contributed by atoms with Crippen LogP contribution in [0.15, 0.2) is 35.5 Å². The summed E-state index contributed by atoms with van der Waals surface area (Å²) >= 11 is 0. The second-order valence-electron chi connectivity index (χ2n) is 12.2. The van der Waals surface area contributed by atoms with Crippen molar-refractivity contribution >= 4 is 9.84 Å². The highest BCUT2D eigenvalue weighted by atomic mass is 32.2. The van der Waals surface area contributed by atoms with Crippen LogP contribution in [0.5, 0.6) is 0 Å². The van der Waals surface area contributed by atoms with E-state index in [-0.39, 0.29) is 23.4 Å². The number of allylic oxidation sites excluding steroid dienone is 3. The van der Waals surface area contributed by atoms with Gasteiger partial charge in [0.2, 0.25) is 0 Å². The topological polar surface area (TPSA) is 63.6 Å². The molecule has 0 amide bonds. The predicted molar refractivity (Wildman–Crippen MR) is 142 cm³/mol. The standard InChI is InChI=1S/C29H48O4S/c1-21-23(11-9-13-27(21)30)14-15-24-12-10-18-29(6)25(16-17-26(24)29)22(2)33-19-7-8-20-34(31,32)28(3,4)5/h14-15,22,25-27,30H,1,7-13,16-20H2,2-6H3/b23-14-,24-15+/t22-,25-,26+,27?,29-/m1/s1. The summed E-state index contributed by atoms with van der Waals surface area (Å²) in [5.74, 6) is 1.39. The first-order valence-electron chi connectivity index (χ1n) is 13.5. The molecule has 3 saturated carbocycles. The molecular formula is C29H48O4S. The number of aliphatic hydroxyl groups excluding tert-OH is 1. The number of aliphatic hydroxyl groups is 1. The molecule has 5 heteroatoms. The van der Waals surface area contributed by atoms with Crippen LogP contribution in [-0.4, -0.2) is 42.8 Å². The van der Waals surface area contributed by atoms with Crippen LogP contribution in [0.3, 0.4) is 0 Å². The molecule has 4 nitrogen and oxygen atoms in total. The summed E-state index contributed by atoms with van der Waals surface area (Å²) in [6.45, 7) is 14.8. The Morgan fingerprint density at radius 2 is 1.88 bits per heavy atom. The third kappa shape index (κ3) is 6.07. The molecule has 1 N–H and O–H groups in total. The van der Waals surface area contributed by atoms with Gasteiger partial charge >= 0.3 is 0 Å². The maximum atomic E-state index is 12.3. The molecule has 3 aliphatic rings. The monoisotopic (exact) mass is 492 g/mol. The Hall–Kier alpha value is -0.910. The number of unbranched alkanes of at least 4 members (excludes halogenated alkanes) is 1. The Kier molecular flexibility index (Phi) is 8.96. The maximum absolute atomic E-state index is 12.3. The van der Waals surface area contributed by atoms with E-state index in [9.17, 15) is 13.5 Å². The molecule has 0 spiro atoms. The zero-order chi connectivity index (χ0) is 25.1. The average molecular weight is 493 g/mol. The van der Waals surface area contributed by atoms with E-state index in [4.69, 9.17) is 4.74 Å². The molecule has 1 unspecified atom stereocenters. The first-order valence-corrected chi connectivity index (χ1v) is 15.1. The van der Waals surface area contributed by atoms with Gasteiger partial charge in [0.15, 0.2) is 9.84 Å². The van der Waals surface area contributed by atoms with Crippen LogP contribution >= 0.6 is 0 Å². The molecule has 3 aliphatic carbocycles. The van der Waals surface area contributed by atoms with Gasteiger partial charge in [-0.2, -0.15) is 0 Å². The van der Waals surface area contributed by atoms with Gasteiger partial charge in [-0.05, 0) is 120 Å². The summed E-state index contributed by atoms with van der Waals surface area (Å²) < 4.78 is 30.2. The van der Waals surface area contributed by atoms with Crippen molar-refractivity contribution in [3.8, 4) is 0 Å². The molecule has 34 heavy (non-hydrogen) atoms. The molecule has 0 heterocycles. The van der Waals surface area contributed by atoms with Crippen molar-refractivity contribution in [2.24, 2.45) is 17.3 Å². The van der Waals surface area contributed by atoms with E-state index < -0.39 is 14.6 Å². The summed E-state index contributed by atoms with van der Waals surface area (Å²) in [5, 5.41) is 10.1. The van der Waals surface area contributed by atoms with E-state index in [1.54, 1.807) is 26.3 Å². The Morgan fingerprint density at radius 1 is 1.15 bits per heavy atom. The first-order chi connectivity index (χ1) is 15.9. The summed E-state index contributed by atoms with van der Waals surface area (Å²) in [4.78, 5) is 0. The second-order valence-corrected chi connectivity index (χ2v) is 15.0. The van der Waals surface area contributed by atoms with E-state index in [0.29, 0.717) is 24.9 Å². The highest BCUT2D eigenvalue weighted by Gasteiger charge is 2.51. The number of hydrogen-bond donors (Lipinski definition) is 1. The van der Waals surface area contributed by atoms with Crippen LogP contribution in [0.2, 0.25) is 0 Å². The minimum Gasteiger partial charge on any atom is -0.388 e. The van der Waals surface area contributed by atoms with Crippen molar-refractivity contribution in [1.29, 1.82) is 0 Å². The number of ether oxygens (including phenoxy) is 1. The van der Waals surface area contributed by atoms with Crippen LogP contribution in [0.4, 0.5) is 0 Å².